The van der Waals surface area contributed by atoms with Crippen molar-refractivity contribution in [1.29, 1.82) is 0 Å². The molecule has 1 aliphatic rings. The van der Waals surface area contributed by atoms with E-state index in [1.165, 1.54) is 23.3 Å². The molecule has 1 fully saturated rings. The standard InChI is InChI=1S/C20H23N3OS/c1-2-6-18(7-3-1)23-14-17(12-21-23)13-22(15-19-8-4-10-24-19)16-20-9-5-11-25-20/h1-3,5-7,9,11-12,14,19H,4,8,10,13,15-16H2. The van der Waals surface area contributed by atoms with Crippen molar-refractivity contribution in [1.82, 2.24) is 14.7 Å². The van der Waals surface area contributed by atoms with Crippen LogP contribution >= 0.6 is 11.3 Å². The van der Waals surface area contributed by atoms with Crippen molar-refractivity contribution in [3.05, 3.63) is 70.7 Å². The van der Waals surface area contributed by atoms with Crippen LogP contribution in [0.2, 0.25) is 0 Å². The SMILES string of the molecule is c1ccc(-n2cc(CN(Cc3cccs3)CC3CCCO3)cn2)cc1. The first-order valence-corrected chi connectivity index (χ1v) is 9.70. The molecule has 3 heterocycles. The highest BCUT2D eigenvalue weighted by atomic mass is 32.1. The van der Waals surface area contributed by atoms with E-state index < -0.39 is 0 Å². The van der Waals surface area contributed by atoms with Crippen molar-refractivity contribution in [3.63, 3.8) is 0 Å². The van der Waals surface area contributed by atoms with E-state index in [4.69, 9.17) is 4.74 Å². The molecule has 1 atom stereocenters. The molecule has 0 radical (unpaired) electrons. The minimum Gasteiger partial charge on any atom is -0.377 e. The molecule has 4 nitrogen and oxygen atoms in total. The van der Waals surface area contributed by atoms with Gasteiger partial charge < -0.3 is 4.74 Å². The van der Waals surface area contributed by atoms with Gasteiger partial charge in [-0.1, -0.05) is 24.3 Å². The molecule has 3 aromatic rings. The molecule has 0 aliphatic carbocycles. The van der Waals surface area contributed by atoms with Crippen molar-refractivity contribution in [2.75, 3.05) is 13.2 Å². The van der Waals surface area contributed by atoms with E-state index in [-0.39, 0.29) is 0 Å². The summed E-state index contributed by atoms with van der Waals surface area (Å²) >= 11 is 1.82. The predicted molar refractivity (Wildman–Crippen MR) is 101 cm³/mol. The van der Waals surface area contributed by atoms with Gasteiger partial charge in [-0.05, 0) is 36.4 Å². The van der Waals surface area contributed by atoms with Crippen molar-refractivity contribution < 1.29 is 4.74 Å². The molecular formula is C20H23N3OS. The van der Waals surface area contributed by atoms with Crippen LogP contribution in [0.1, 0.15) is 23.3 Å². The summed E-state index contributed by atoms with van der Waals surface area (Å²) in [6.45, 7) is 3.75. The lowest BCUT2D eigenvalue weighted by Gasteiger charge is -2.24. The van der Waals surface area contributed by atoms with E-state index >= 15 is 0 Å². The van der Waals surface area contributed by atoms with Crippen molar-refractivity contribution in [3.8, 4) is 5.69 Å². The fraction of sp³-hybridized carbons (Fsp3) is 0.350. The average Bonchev–Trinajstić information content (AvgIpc) is 3.38. The largest absolute Gasteiger partial charge is 0.377 e. The maximum Gasteiger partial charge on any atom is 0.0703 e. The third-order valence-corrected chi connectivity index (χ3v) is 5.37. The van der Waals surface area contributed by atoms with Crippen LogP contribution in [0.25, 0.3) is 5.69 Å². The molecule has 1 saturated heterocycles. The zero-order valence-electron chi connectivity index (χ0n) is 14.3. The van der Waals surface area contributed by atoms with Gasteiger partial charge in [0.1, 0.15) is 0 Å². The van der Waals surface area contributed by atoms with E-state index in [2.05, 4.69) is 45.8 Å². The van der Waals surface area contributed by atoms with E-state index in [9.17, 15) is 0 Å². The summed E-state index contributed by atoms with van der Waals surface area (Å²) in [4.78, 5) is 3.88. The number of thiophene rings is 1. The average molecular weight is 353 g/mol. The number of hydrogen-bond donors (Lipinski definition) is 0. The van der Waals surface area contributed by atoms with E-state index in [1.807, 2.05) is 40.4 Å². The first-order valence-electron chi connectivity index (χ1n) is 8.82. The fourth-order valence-corrected chi connectivity index (χ4v) is 4.05. The molecule has 130 valence electrons. The normalized spacial score (nSPS) is 17.4. The van der Waals surface area contributed by atoms with Gasteiger partial charge in [0.2, 0.25) is 0 Å². The van der Waals surface area contributed by atoms with Crippen LogP contribution in [0.3, 0.4) is 0 Å². The van der Waals surface area contributed by atoms with Crippen LogP contribution < -0.4 is 0 Å². The Balaban J connectivity index is 1.46. The molecular weight excluding hydrogens is 330 g/mol. The van der Waals surface area contributed by atoms with Crippen molar-refractivity contribution >= 4 is 11.3 Å². The fourth-order valence-electron chi connectivity index (χ4n) is 3.31. The predicted octanol–water partition coefficient (Wildman–Crippen LogP) is 4.12. The van der Waals surface area contributed by atoms with Gasteiger partial charge in [-0.25, -0.2) is 4.68 Å². The zero-order valence-corrected chi connectivity index (χ0v) is 15.1. The second-order valence-electron chi connectivity index (χ2n) is 6.51. The molecule has 0 N–H and O–H groups in total. The minimum atomic E-state index is 0.365. The van der Waals surface area contributed by atoms with Gasteiger partial charge in [-0.3, -0.25) is 4.90 Å². The van der Waals surface area contributed by atoms with E-state index in [0.717, 1.165) is 31.9 Å². The van der Waals surface area contributed by atoms with Crippen molar-refractivity contribution in [2.45, 2.75) is 32.0 Å². The Labute approximate surface area is 152 Å². The Morgan fingerprint density at radius 1 is 1.16 bits per heavy atom. The van der Waals surface area contributed by atoms with E-state index in [1.54, 1.807) is 0 Å². The van der Waals surface area contributed by atoms with Crippen LogP contribution in [0.15, 0.2) is 60.2 Å². The van der Waals surface area contributed by atoms with Gasteiger partial charge in [0.05, 0.1) is 18.0 Å². The highest BCUT2D eigenvalue weighted by Gasteiger charge is 2.20. The van der Waals surface area contributed by atoms with Crippen LogP contribution in [0, 0.1) is 0 Å². The lowest BCUT2D eigenvalue weighted by molar-refractivity contribution is 0.0682. The first kappa shape index (κ1) is 16.5. The van der Waals surface area contributed by atoms with Gasteiger partial charge in [0.25, 0.3) is 0 Å². The quantitative estimate of drug-likeness (QED) is 0.640. The molecule has 0 spiro atoms. The number of benzene rings is 1. The Morgan fingerprint density at radius 3 is 2.84 bits per heavy atom. The number of ether oxygens (including phenoxy) is 1. The Hall–Kier alpha value is -1.95. The summed E-state index contributed by atoms with van der Waals surface area (Å²) in [5.41, 5.74) is 2.33. The second kappa shape index (κ2) is 7.95. The van der Waals surface area contributed by atoms with Gasteiger partial charge >= 0.3 is 0 Å². The van der Waals surface area contributed by atoms with Gasteiger partial charge in [-0.2, -0.15) is 5.10 Å². The molecule has 4 rings (SSSR count). The monoisotopic (exact) mass is 353 g/mol. The van der Waals surface area contributed by atoms with E-state index in [0.29, 0.717) is 6.10 Å². The highest BCUT2D eigenvalue weighted by molar-refractivity contribution is 7.09. The number of aromatic nitrogens is 2. The molecule has 0 saturated carbocycles. The number of hydrogen-bond acceptors (Lipinski definition) is 4. The molecule has 25 heavy (non-hydrogen) atoms. The highest BCUT2D eigenvalue weighted by Crippen LogP contribution is 2.19. The summed E-state index contributed by atoms with van der Waals surface area (Å²) < 4.78 is 7.80. The maximum atomic E-state index is 5.86. The Morgan fingerprint density at radius 2 is 2.08 bits per heavy atom. The third kappa shape index (κ3) is 4.37. The minimum absolute atomic E-state index is 0.365. The second-order valence-corrected chi connectivity index (χ2v) is 7.54. The Kier molecular flexibility index (Phi) is 5.25. The molecule has 0 amide bonds. The number of para-hydroxylation sites is 1. The molecule has 1 aliphatic heterocycles. The summed E-state index contributed by atoms with van der Waals surface area (Å²) in [5, 5.41) is 6.68. The first-order chi connectivity index (χ1) is 12.4. The molecule has 1 aromatic carbocycles. The molecule has 5 heteroatoms. The lowest BCUT2D eigenvalue weighted by Crippen LogP contribution is -2.31. The van der Waals surface area contributed by atoms with Crippen LogP contribution in [-0.4, -0.2) is 33.9 Å². The topological polar surface area (TPSA) is 30.3 Å². The Bertz CT molecular complexity index is 763. The lowest BCUT2D eigenvalue weighted by atomic mass is 10.2. The smallest absolute Gasteiger partial charge is 0.0703 e. The van der Waals surface area contributed by atoms with Crippen LogP contribution in [-0.2, 0) is 17.8 Å². The zero-order chi connectivity index (χ0) is 16.9. The van der Waals surface area contributed by atoms with Gasteiger partial charge in [-0.15, -0.1) is 11.3 Å². The number of nitrogens with zero attached hydrogens (tertiary/aromatic N) is 3. The van der Waals surface area contributed by atoms with Crippen LogP contribution in [0.4, 0.5) is 0 Å². The maximum absolute atomic E-state index is 5.86. The van der Waals surface area contributed by atoms with Gasteiger partial charge in [0.15, 0.2) is 0 Å². The summed E-state index contributed by atoms with van der Waals surface area (Å²) in [6.07, 6.45) is 6.83. The molecule has 1 unspecified atom stereocenters. The molecule has 2 aromatic heterocycles. The van der Waals surface area contributed by atoms with Gasteiger partial charge in [0, 0.05) is 42.9 Å². The molecule has 0 bridgehead atoms. The van der Waals surface area contributed by atoms with Crippen LogP contribution in [0.5, 0.6) is 0 Å². The number of rotatable bonds is 7. The summed E-state index contributed by atoms with van der Waals surface area (Å²) in [6, 6.07) is 14.6. The van der Waals surface area contributed by atoms with Crippen molar-refractivity contribution in [2.24, 2.45) is 0 Å². The summed E-state index contributed by atoms with van der Waals surface area (Å²) in [5.74, 6) is 0. The third-order valence-electron chi connectivity index (χ3n) is 4.51. The summed E-state index contributed by atoms with van der Waals surface area (Å²) in [7, 11) is 0.